The highest BCUT2D eigenvalue weighted by Gasteiger charge is 1.99. The first-order valence-electron chi connectivity index (χ1n) is 4.59. The van der Waals surface area contributed by atoms with Crippen molar-refractivity contribution in [2.24, 2.45) is 0 Å². The average molecular weight is 194 g/mol. The molecule has 0 spiro atoms. The highest BCUT2D eigenvalue weighted by molar-refractivity contribution is 5.70. The fourth-order valence-electron chi connectivity index (χ4n) is 1.15. The summed E-state index contributed by atoms with van der Waals surface area (Å²) in [6.45, 7) is 3.22. The van der Waals surface area contributed by atoms with Gasteiger partial charge in [0.2, 0.25) is 0 Å². The zero-order chi connectivity index (χ0) is 10.4. The van der Waals surface area contributed by atoms with Gasteiger partial charge in [-0.25, -0.2) is 0 Å². The van der Waals surface area contributed by atoms with Crippen LogP contribution in [0.3, 0.4) is 0 Å². The quantitative estimate of drug-likeness (QED) is 0.778. The number of carboxylic acid groups (broad SMARTS) is 1. The van der Waals surface area contributed by atoms with Crippen LogP contribution in [-0.2, 0) is 22.6 Å². The van der Waals surface area contributed by atoms with E-state index in [1.807, 2.05) is 31.2 Å². The van der Waals surface area contributed by atoms with Crippen LogP contribution < -0.4 is 0 Å². The molecule has 0 aliphatic rings. The second-order valence-corrected chi connectivity index (χ2v) is 3.02. The molecular weight excluding hydrogens is 180 g/mol. The highest BCUT2D eigenvalue weighted by atomic mass is 16.5. The molecular formula is C11H14O3. The SMILES string of the molecule is CCOCc1ccc(CC(=O)O)cc1. The van der Waals surface area contributed by atoms with Gasteiger partial charge in [-0.1, -0.05) is 24.3 Å². The van der Waals surface area contributed by atoms with Crippen LogP contribution in [0.5, 0.6) is 0 Å². The molecule has 0 atom stereocenters. The van der Waals surface area contributed by atoms with Gasteiger partial charge in [-0.3, -0.25) is 4.79 Å². The summed E-state index contributed by atoms with van der Waals surface area (Å²) in [6, 6.07) is 7.44. The van der Waals surface area contributed by atoms with Gasteiger partial charge >= 0.3 is 5.97 Å². The lowest BCUT2D eigenvalue weighted by atomic mass is 10.1. The second kappa shape index (κ2) is 5.40. The first-order valence-corrected chi connectivity index (χ1v) is 4.59. The third-order valence-electron chi connectivity index (χ3n) is 1.85. The maximum absolute atomic E-state index is 10.4. The van der Waals surface area contributed by atoms with Crippen molar-refractivity contribution in [2.75, 3.05) is 6.61 Å². The van der Waals surface area contributed by atoms with Gasteiger partial charge in [0.15, 0.2) is 0 Å². The summed E-state index contributed by atoms with van der Waals surface area (Å²) in [5, 5.41) is 8.55. The minimum absolute atomic E-state index is 0.0783. The fourth-order valence-corrected chi connectivity index (χ4v) is 1.15. The van der Waals surface area contributed by atoms with E-state index >= 15 is 0 Å². The normalized spacial score (nSPS) is 10.1. The predicted molar refractivity (Wildman–Crippen MR) is 53.1 cm³/mol. The Kier molecular flexibility index (Phi) is 4.13. The smallest absolute Gasteiger partial charge is 0.307 e. The van der Waals surface area contributed by atoms with Crippen LogP contribution in [0.2, 0.25) is 0 Å². The number of carbonyl (C=O) groups is 1. The van der Waals surface area contributed by atoms with Crippen LogP contribution in [0.15, 0.2) is 24.3 Å². The molecule has 0 heterocycles. The number of benzene rings is 1. The number of carboxylic acids is 1. The van der Waals surface area contributed by atoms with Crippen molar-refractivity contribution in [1.29, 1.82) is 0 Å². The van der Waals surface area contributed by atoms with E-state index in [9.17, 15) is 4.79 Å². The summed E-state index contributed by atoms with van der Waals surface area (Å²) < 4.78 is 5.22. The van der Waals surface area contributed by atoms with E-state index in [1.165, 1.54) is 0 Å². The fraction of sp³-hybridized carbons (Fsp3) is 0.364. The monoisotopic (exact) mass is 194 g/mol. The molecule has 1 N–H and O–H groups in total. The lowest BCUT2D eigenvalue weighted by molar-refractivity contribution is -0.136. The van der Waals surface area contributed by atoms with Gasteiger partial charge in [0.1, 0.15) is 0 Å². The number of hydrogen-bond donors (Lipinski definition) is 1. The van der Waals surface area contributed by atoms with Gasteiger partial charge in [-0.15, -0.1) is 0 Å². The molecule has 1 rings (SSSR count). The van der Waals surface area contributed by atoms with Crippen LogP contribution in [0.1, 0.15) is 18.1 Å². The van der Waals surface area contributed by atoms with Crippen molar-refractivity contribution >= 4 is 5.97 Å². The van der Waals surface area contributed by atoms with E-state index in [1.54, 1.807) is 0 Å². The van der Waals surface area contributed by atoms with Crippen molar-refractivity contribution in [3.8, 4) is 0 Å². The van der Waals surface area contributed by atoms with Crippen LogP contribution >= 0.6 is 0 Å². The molecule has 14 heavy (non-hydrogen) atoms. The minimum Gasteiger partial charge on any atom is -0.481 e. The molecule has 0 saturated carbocycles. The maximum atomic E-state index is 10.4. The molecule has 0 bridgehead atoms. The van der Waals surface area contributed by atoms with Gasteiger partial charge in [0, 0.05) is 6.61 Å². The van der Waals surface area contributed by atoms with Crippen molar-refractivity contribution in [3.05, 3.63) is 35.4 Å². The first kappa shape index (κ1) is 10.7. The molecule has 0 aliphatic heterocycles. The third-order valence-corrected chi connectivity index (χ3v) is 1.85. The zero-order valence-electron chi connectivity index (χ0n) is 8.19. The molecule has 1 aromatic rings. The Morgan fingerprint density at radius 1 is 1.29 bits per heavy atom. The molecule has 0 aliphatic carbocycles. The van der Waals surface area contributed by atoms with Crippen molar-refractivity contribution in [1.82, 2.24) is 0 Å². The molecule has 3 nitrogen and oxygen atoms in total. The summed E-state index contributed by atoms with van der Waals surface area (Å²) in [7, 11) is 0. The van der Waals surface area contributed by atoms with Gasteiger partial charge < -0.3 is 9.84 Å². The lowest BCUT2D eigenvalue weighted by Crippen LogP contribution is -2.00. The second-order valence-electron chi connectivity index (χ2n) is 3.02. The Morgan fingerprint density at radius 3 is 2.36 bits per heavy atom. The van der Waals surface area contributed by atoms with Gasteiger partial charge in [0.25, 0.3) is 0 Å². The third kappa shape index (κ3) is 3.58. The van der Waals surface area contributed by atoms with E-state index in [4.69, 9.17) is 9.84 Å². The summed E-state index contributed by atoms with van der Waals surface area (Å²) in [4.78, 5) is 10.4. The molecule has 0 saturated heterocycles. The van der Waals surface area contributed by atoms with Crippen LogP contribution in [0.4, 0.5) is 0 Å². The molecule has 76 valence electrons. The number of ether oxygens (including phenoxy) is 1. The Morgan fingerprint density at radius 2 is 1.86 bits per heavy atom. The Bertz CT molecular complexity index is 290. The number of rotatable bonds is 5. The molecule has 1 aromatic carbocycles. The molecule has 0 fully saturated rings. The summed E-state index contributed by atoms with van der Waals surface area (Å²) in [5.41, 5.74) is 1.89. The molecule has 0 unspecified atom stereocenters. The van der Waals surface area contributed by atoms with E-state index in [2.05, 4.69) is 0 Å². The van der Waals surface area contributed by atoms with Crippen molar-refractivity contribution in [2.45, 2.75) is 20.0 Å². The minimum atomic E-state index is -0.803. The average Bonchev–Trinajstić information content (AvgIpc) is 2.16. The van der Waals surface area contributed by atoms with E-state index in [-0.39, 0.29) is 6.42 Å². The standard InChI is InChI=1S/C11H14O3/c1-2-14-8-10-5-3-9(4-6-10)7-11(12)13/h3-6H,2,7-8H2,1H3,(H,12,13). The summed E-state index contributed by atoms with van der Waals surface area (Å²) in [5.74, 6) is -0.803. The first-order chi connectivity index (χ1) is 6.72. The Balaban J connectivity index is 2.54. The highest BCUT2D eigenvalue weighted by Crippen LogP contribution is 2.06. The van der Waals surface area contributed by atoms with Gasteiger partial charge in [-0.2, -0.15) is 0 Å². The summed E-state index contributed by atoms with van der Waals surface area (Å²) in [6.07, 6.45) is 0.0783. The molecule has 0 radical (unpaired) electrons. The predicted octanol–water partition coefficient (Wildman–Crippen LogP) is 1.85. The largest absolute Gasteiger partial charge is 0.481 e. The van der Waals surface area contributed by atoms with E-state index < -0.39 is 5.97 Å². The van der Waals surface area contributed by atoms with Crippen LogP contribution in [0.25, 0.3) is 0 Å². The van der Waals surface area contributed by atoms with Crippen molar-refractivity contribution < 1.29 is 14.6 Å². The van der Waals surface area contributed by atoms with E-state index in [0.717, 1.165) is 11.1 Å². The van der Waals surface area contributed by atoms with Gasteiger partial charge in [-0.05, 0) is 18.1 Å². The van der Waals surface area contributed by atoms with Crippen LogP contribution in [0, 0.1) is 0 Å². The molecule has 0 aromatic heterocycles. The van der Waals surface area contributed by atoms with Gasteiger partial charge in [0.05, 0.1) is 13.0 Å². The van der Waals surface area contributed by atoms with Crippen molar-refractivity contribution in [3.63, 3.8) is 0 Å². The summed E-state index contributed by atoms with van der Waals surface area (Å²) >= 11 is 0. The number of hydrogen-bond acceptors (Lipinski definition) is 2. The zero-order valence-corrected chi connectivity index (χ0v) is 8.19. The molecule has 0 amide bonds. The Labute approximate surface area is 83.3 Å². The van der Waals surface area contributed by atoms with E-state index in [0.29, 0.717) is 13.2 Å². The topological polar surface area (TPSA) is 46.5 Å². The molecule has 3 heteroatoms. The lowest BCUT2D eigenvalue weighted by Gasteiger charge is -2.02. The maximum Gasteiger partial charge on any atom is 0.307 e. The number of aliphatic carboxylic acids is 1. The van der Waals surface area contributed by atoms with Crippen LogP contribution in [-0.4, -0.2) is 17.7 Å². The Hall–Kier alpha value is -1.35.